The molecule has 0 heterocycles. The Kier molecular flexibility index (Phi) is 18.9. The Hall–Kier alpha value is -6.30. The number of carbonyl (C=O) groups is 1. The van der Waals surface area contributed by atoms with E-state index in [1.54, 1.807) is 85.0 Å². The van der Waals surface area contributed by atoms with Crippen LogP contribution in [0.4, 0.5) is 11.4 Å². The number of amides is 1. The summed E-state index contributed by atoms with van der Waals surface area (Å²) in [5, 5.41) is -2.53. The summed E-state index contributed by atoms with van der Waals surface area (Å²) in [5.41, 5.74) is 30.4. The molecular formula is C44H59N5O11S. The summed E-state index contributed by atoms with van der Waals surface area (Å²) in [6, 6.07) is 15.9. The zero-order valence-electron chi connectivity index (χ0n) is 35.9. The normalized spacial score (nSPS) is 12.8. The van der Waals surface area contributed by atoms with Gasteiger partial charge in [-0.05, 0) is 66.9 Å². The van der Waals surface area contributed by atoms with Gasteiger partial charge in [0.25, 0.3) is 0 Å². The van der Waals surface area contributed by atoms with Crippen LogP contribution in [0.15, 0.2) is 72.8 Å². The first-order valence-corrected chi connectivity index (χ1v) is 20.6. The highest BCUT2D eigenvalue weighted by Crippen LogP contribution is 2.43. The fourth-order valence-corrected chi connectivity index (χ4v) is 8.21. The van der Waals surface area contributed by atoms with Crippen molar-refractivity contribution in [2.45, 2.75) is 35.8 Å². The van der Waals surface area contributed by atoms with Gasteiger partial charge in [0.2, 0.25) is 5.91 Å². The van der Waals surface area contributed by atoms with Crippen LogP contribution in [-0.2, 0) is 14.6 Å². The van der Waals surface area contributed by atoms with Crippen LogP contribution in [-0.4, -0.2) is 83.8 Å². The molecule has 4 aromatic carbocycles. The predicted octanol–water partition coefficient (Wildman–Crippen LogP) is 5.47. The van der Waals surface area contributed by atoms with Crippen LogP contribution >= 0.6 is 0 Å². The molecule has 61 heavy (non-hydrogen) atoms. The molecule has 4 rings (SSSR count). The van der Waals surface area contributed by atoms with E-state index < -0.39 is 32.3 Å². The Bertz CT molecular complexity index is 2060. The maximum absolute atomic E-state index is 15.2. The zero-order chi connectivity index (χ0) is 45.3. The van der Waals surface area contributed by atoms with Gasteiger partial charge in [-0.2, -0.15) is 0 Å². The van der Waals surface area contributed by atoms with Crippen molar-refractivity contribution in [3.8, 4) is 46.0 Å². The number of anilines is 2. The second-order valence-corrected chi connectivity index (χ2v) is 15.5. The number of nitrogens with two attached hydrogens (primary N) is 5. The van der Waals surface area contributed by atoms with E-state index in [1.807, 2.05) is 0 Å². The number of hydrogen-bond donors (Lipinski definition) is 5. The molecule has 0 bridgehead atoms. The van der Waals surface area contributed by atoms with Crippen molar-refractivity contribution in [1.29, 1.82) is 0 Å². The van der Waals surface area contributed by atoms with Crippen molar-refractivity contribution in [2.24, 2.45) is 17.2 Å². The molecule has 0 spiro atoms. The highest BCUT2D eigenvalue weighted by atomic mass is 32.2. The molecular weight excluding hydrogens is 807 g/mol. The Morgan fingerprint density at radius 1 is 0.574 bits per heavy atom. The van der Waals surface area contributed by atoms with Crippen LogP contribution in [0.2, 0.25) is 0 Å². The molecule has 0 aliphatic heterocycles. The van der Waals surface area contributed by atoms with E-state index in [2.05, 4.69) is 0 Å². The van der Waals surface area contributed by atoms with Gasteiger partial charge in [-0.25, -0.2) is 8.42 Å². The van der Waals surface area contributed by atoms with E-state index in [1.165, 1.54) is 56.9 Å². The summed E-state index contributed by atoms with van der Waals surface area (Å²) >= 11 is 0. The van der Waals surface area contributed by atoms with Crippen LogP contribution in [0.3, 0.4) is 0 Å². The summed E-state index contributed by atoms with van der Waals surface area (Å²) in [6.07, 6.45) is 8.82. The first kappa shape index (κ1) is 49.1. The Labute approximate surface area is 358 Å². The Morgan fingerprint density at radius 2 is 0.934 bits per heavy atom. The lowest BCUT2D eigenvalue weighted by Gasteiger charge is -2.23. The van der Waals surface area contributed by atoms with Gasteiger partial charge in [-0.1, -0.05) is 30.7 Å². The van der Waals surface area contributed by atoms with E-state index in [4.69, 9.17) is 66.6 Å². The Morgan fingerprint density at radius 3 is 1.21 bits per heavy atom. The average Bonchev–Trinajstić information content (AvgIpc) is 3.26. The van der Waals surface area contributed by atoms with Gasteiger partial charge < -0.3 is 66.6 Å². The summed E-state index contributed by atoms with van der Waals surface area (Å²) in [7, 11) is 7.76. The number of methoxy groups -OCH3 is 8. The molecule has 10 N–H and O–H groups in total. The topological polar surface area (TPSA) is 255 Å². The minimum absolute atomic E-state index is 0.261. The molecule has 0 saturated carbocycles. The van der Waals surface area contributed by atoms with Crippen molar-refractivity contribution >= 4 is 39.3 Å². The molecule has 0 aromatic heterocycles. The van der Waals surface area contributed by atoms with Gasteiger partial charge >= 0.3 is 0 Å². The zero-order valence-corrected chi connectivity index (χ0v) is 36.7. The summed E-state index contributed by atoms with van der Waals surface area (Å²) in [4.78, 5) is 10.4. The number of nitrogen functional groups attached to an aromatic ring is 2. The Balaban J connectivity index is 0.000000878. The molecule has 0 saturated heterocycles. The highest BCUT2D eigenvalue weighted by molar-refractivity contribution is 7.92. The first-order valence-electron chi connectivity index (χ1n) is 19.0. The van der Waals surface area contributed by atoms with Gasteiger partial charge in [-0.3, -0.25) is 4.79 Å². The third-order valence-corrected chi connectivity index (χ3v) is 11.9. The molecule has 332 valence electrons. The fraction of sp³-hybridized carbons (Fsp3) is 0.341. The number of unbranched alkanes of at least 4 members (excludes halogenated alkanes) is 1. The summed E-state index contributed by atoms with van der Waals surface area (Å²) in [5.74, 6) is 3.00. The molecule has 2 unspecified atom stereocenters. The fourth-order valence-electron chi connectivity index (χ4n) is 6.25. The van der Waals surface area contributed by atoms with Crippen molar-refractivity contribution < 1.29 is 51.1 Å². The maximum Gasteiger partial charge on any atom is 0.234 e. The van der Waals surface area contributed by atoms with Gasteiger partial charge in [0, 0.05) is 24.3 Å². The molecule has 0 aliphatic carbocycles. The molecule has 1 amide bonds. The van der Waals surface area contributed by atoms with Gasteiger partial charge in [0.15, 0.2) is 9.84 Å². The molecule has 0 aliphatic rings. The monoisotopic (exact) mass is 865 g/mol. The maximum atomic E-state index is 15.2. The minimum atomic E-state index is -4.27. The number of benzene rings is 4. The van der Waals surface area contributed by atoms with E-state index in [-0.39, 0.29) is 11.4 Å². The molecule has 16 nitrogen and oxygen atoms in total. The van der Waals surface area contributed by atoms with E-state index in [0.717, 1.165) is 12.8 Å². The third kappa shape index (κ3) is 12.6. The molecule has 0 radical (unpaired) electrons. The number of carbonyl (C=O) groups excluding carboxylic acids is 1. The largest absolute Gasteiger partial charge is 0.496 e. The van der Waals surface area contributed by atoms with Gasteiger partial charge in [0.05, 0.1) is 85.4 Å². The van der Waals surface area contributed by atoms with Crippen LogP contribution in [0.25, 0.3) is 12.2 Å². The van der Waals surface area contributed by atoms with Crippen molar-refractivity contribution in [2.75, 3.05) is 74.9 Å². The number of rotatable bonds is 21. The number of sulfone groups is 1. The van der Waals surface area contributed by atoms with Crippen LogP contribution < -0.4 is 66.6 Å². The standard InChI is InChI=1S/C38H44N2O10S.C6H15N3O/c1-43-25-19-33(47-5)27(34(20-25)48-6)11-15-37(23-9-13-31(45-3)29(39)17-23)51(41,42)38(24-10-14-32(46-4)30(40)18-24)16-12-28-35(49-7)21-26(44-2)22-36(28)50-8;7-4-2-1-3-5(8)6(9)10/h9-22,37-38H,39-40H2,1-8H3;5H,1-4,7-8H2,(H2,9,10)/b15-11+,16-12+;/t;5-/m.0/s1. The molecule has 17 heteroatoms. The highest BCUT2D eigenvalue weighted by Gasteiger charge is 2.35. The van der Waals surface area contributed by atoms with Gasteiger partial charge in [-0.15, -0.1) is 0 Å². The van der Waals surface area contributed by atoms with Crippen LogP contribution in [0.5, 0.6) is 46.0 Å². The van der Waals surface area contributed by atoms with Gasteiger partial charge in [0.1, 0.15) is 56.5 Å². The second-order valence-electron chi connectivity index (χ2n) is 13.3. The molecule has 4 aromatic rings. The number of primary amides is 1. The van der Waals surface area contributed by atoms with E-state index in [9.17, 15) is 4.79 Å². The molecule has 0 fully saturated rings. The summed E-state index contributed by atoms with van der Waals surface area (Å²) < 4.78 is 74.5. The smallest absolute Gasteiger partial charge is 0.234 e. The minimum Gasteiger partial charge on any atom is -0.496 e. The molecule has 3 atom stereocenters. The average molecular weight is 866 g/mol. The van der Waals surface area contributed by atoms with E-state index >= 15 is 8.42 Å². The SMILES string of the molecule is COc1cc(OC)c(/C=C/C(c2ccc(OC)c(N)c2)S(=O)(=O)C(/C=C/c2c(OC)cc(OC)cc2OC)c2ccc(OC)c(N)c2)c(OC)c1.NCCCC[C@H](N)C(N)=O. The lowest BCUT2D eigenvalue weighted by molar-refractivity contribution is -0.119. The van der Waals surface area contributed by atoms with Crippen LogP contribution in [0.1, 0.15) is 52.0 Å². The lowest BCUT2D eigenvalue weighted by atomic mass is 10.1. The van der Waals surface area contributed by atoms with Crippen molar-refractivity contribution in [3.63, 3.8) is 0 Å². The summed E-state index contributed by atoms with van der Waals surface area (Å²) in [6.45, 7) is 0.644. The first-order chi connectivity index (χ1) is 29.2. The quantitative estimate of drug-likeness (QED) is 0.0514. The third-order valence-electron chi connectivity index (χ3n) is 9.59. The van der Waals surface area contributed by atoms with Crippen molar-refractivity contribution in [1.82, 2.24) is 0 Å². The number of ether oxygens (including phenoxy) is 8. The van der Waals surface area contributed by atoms with E-state index in [0.29, 0.717) is 81.2 Å². The van der Waals surface area contributed by atoms with Crippen LogP contribution in [0, 0.1) is 0 Å². The number of hydrogen-bond acceptors (Lipinski definition) is 15. The van der Waals surface area contributed by atoms with Crippen molar-refractivity contribution in [3.05, 3.63) is 95.1 Å². The lowest BCUT2D eigenvalue weighted by Crippen LogP contribution is -2.36. The predicted molar refractivity (Wildman–Crippen MR) is 240 cm³/mol. The second kappa shape index (κ2) is 23.5.